The maximum atomic E-state index is 12.9. The van der Waals surface area contributed by atoms with E-state index in [1.165, 1.54) is 0 Å². The van der Waals surface area contributed by atoms with Crippen molar-refractivity contribution in [1.29, 1.82) is 0 Å². The van der Waals surface area contributed by atoms with Crippen molar-refractivity contribution in [2.24, 2.45) is 0 Å². The first-order valence-corrected chi connectivity index (χ1v) is 12.9. The third-order valence-corrected chi connectivity index (χ3v) is 7.37. The quantitative estimate of drug-likeness (QED) is 0.305. The van der Waals surface area contributed by atoms with Gasteiger partial charge in [-0.15, -0.1) is 0 Å². The summed E-state index contributed by atoms with van der Waals surface area (Å²) in [5, 5.41) is 7.15. The van der Waals surface area contributed by atoms with Gasteiger partial charge in [0, 0.05) is 36.2 Å². The van der Waals surface area contributed by atoms with Crippen LogP contribution in [-0.2, 0) is 11.3 Å². The molecule has 2 N–H and O–H groups in total. The van der Waals surface area contributed by atoms with Gasteiger partial charge in [-0.3, -0.25) is 9.78 Å². The minimum absolute atomic E-state index is 0.0413. The van der Waals surface area contributed by atoms with E-state index in [4.69, 9.17) is 16.6 Å². The number of thiocarbonyl (C=S) groups is 1. The number of carbonyl (C=O) groups excluding carboxylic acids is 1. The third kappa shape index (κ3) is 5.15. The molecule has 190 valence electrons. The maximum absolute atomic E-state index is 12.9. The highest BCUT2D eigenvalue weighted by molar-refractivity contribution is 7.80. The Balaban J connectivity index is 1.43. The molecule has 5 rings (SSSR count). The summed E-state index contributed by atoms with van der Waals surface area (Å²) in [5.74, 6) is 0.861. The highest BCUT2D eigenvalue weighted by Crippen LogP contribution is 2.41. The van der Waals surface area contributed by atoms with Crippen LogP contribution < -0.4 is 10.6 Å². The zero-order valence-corrected chi connectivity index (χ0v) is 22.1. The normalized spacial score (nSPS) is 17.2. The van der Waals surface area contributed by atoms with Crippen LogP contribution in [0.1, 0.15) is 52.5 Å². The number of aryl methyl sites for hydroxylation is 2. The molecule has 1 amide bonds. The van der Waals surface area contributed by atoms with Gasteiger partial charge in [-0.1, -0.05) is 24.3 Å². The van der Waals surface area contributed by atoms with Crippen molar-refractivity contribution >= 4 is 28.9 Å². The highest BCUT2D eigenvalue weighted by atomic mass is 32.1. The first-order chi connectivity index (χ1) is 17.9. The van der Waals surface area contributed by atoms with Crippen molar-refractivity contribution in [3.63, 3.8) is 0 Å². The molecule has 0 spiro atoms. The monoisotopic (exact) mass is 513 g/mol. The predicted octanol–water partition coefficient (Wildman–Crippen LogP) is 5.45. The Morgan fingerprint density at radius 1 is 1.11 bits per heavy atom. The van der Waals surface area contributed by atoms with Crippen LogP contribution in [0.4, 0.5) is 5.69 Å². The number of furan rings is 1. The van der Waals surface area contributed by atoms with Gasteiger partial charge in [-0.2, -0.15) is 0 Å². The van der Waals surface area contributed by atoms with Crippen molar-refractivity contribution < 1.29 is 9.21 Å². The Kier molecular flexibility index (Phi) is 7.10. The lowest BCUT2D eigenvalue weighted by Crippen LogP contribution is -2.33. The second kappa shape index (κ2) is 10.6. The van der Waals surface area contributed by atoms with Crippen LogP contribution in [0.3, 0.4) is 0 Å². The van der Waals surface area contributed by atoms with Gasteiger partial charge in [-0.05, 0) is 80.5 Å². The smallest absolute Gasteiger partial charge is 0.226 e. The molecular weight excluding hydrogens is 482 g/mol. The molecule has 1 fully saturated rings. The first-order valence-electron chi connectivity index (χ1n) is 12.4. The molecule has 0 unspecified atom stereocenters. The predicted molar refractivity (Wildman–Crippen MR) is 148 cm³/mol. The highest BCUT2D eigenvalue weighted by Gasteiger charge is 2.41. The molecule has 4 aromatic rings. The van der Waals surface area contributed by atoms with Crippen LogP contribution in [0.15, 0.2) is 77.5 Å². The molecule has 1 aliphatic rings. The lowest BCUT2D eigenvalue weighted by atomic mass is 9.96. The summed E-state index contributed by atoms with van der Waals surface area (Å²) in [6.07, 6.45) is 3.81. The summed E-state index contributed by atoms with van der Waals surface area (Å²) in [6.45, 7) is 7.37. The van der Waals surface area contributed by atoms with E-state index in [0.717, 1.165) is 39.7 Å². The molecule has 7 nitrogen and oxygen atoms in total. The van der Waals surface area contributed by atoms with Crippen LogP contribution in [0.2, 0.25) is 0 Å². The van der Waals surface area contributed by atoms with Crippen LogP contribution in [-0.4, -0.2) is 32.0 Å². The Morgan fingerprint density at radius 2 is 1.92 bits per heavy atom. The Bertz CT molecular complexity index is 1400. The SMILES string of the molecule is Cc1ccccc1NC(=O)CCN1C(=S)N[C@H](c2ccccn2)[C@@H]1c1cc(C)n(Cc2ccco2)c1C. The molecule has 0 saturated carbocycles. The Morgan fingerprint density at radius 3 is 2.65 bits per heavy atom. The summed E-state index contributed by atoms with van der Waals surface area (Å²) in [4.78, 5) is 19.7. The number of anilines is 1. The minimum Gasteiger partial charge on any atom is -0.467 e. The standard InChI is InChI=1S/C29H31N5O2S/c1-19-9-4-5-11-24(19)31-26(35)13-15-33-28(27(32-29(33)37)25-12-6-7-14-30-25)23-17-20(2)34(21(23)3)18-22-10-8-16-36-22/h4-12,14,16-17,27-28H,13,15,18H2,1-3H3,(H,31,35)(H,32,37)/t27-,28+/m1/s1. The third-order valence-electron chi connectivity index (χ3n) is 7.02. The molecule has 37 heavy (non-hydrogen) atoms. The number of nitrogens with zero attached hydrogens (tertiary/aromatic N) is 3. The zero-order valence-electron chi connectivity index (χ0n) is 21.3. The minimum atomic E-state index is -0.134. The lowest BCUT2D eigenvalue weighted by Gasteiger charge is -2.28. The van der Waals surface area contributed by atoms with E-state index in [-0.39, 0.29) is 18.0 Å². The second-order valence-electron chi connectivity index (χ2n) is 9.43. The number of pyridine rings is 1. The van der Waals surface area contributed by atoms with Crippen LogP contribution in [0.5, 0.6) is 0 Å². The summed E-state index contributed by atoms with van der Waals surface area (Å²) < 4.78 is 7.87. The number of rotatable bonds is 8. The Hall–Kier alpha value is -3.91. The molecule has 8 heteroatoms. The average molecular weight is 514 g/mol. The molecule has 1 aliphatic heterocycles. The van der Waals surface area contributed by atoms with E-state index in [1.807, 2.05) is 61.5 Å². The van der Waals surface area contributed by atoms with Gasteiger partial charge in [0.2, 0.25) is 5.91 Å². The van der Waals surface area contributed by atoms with Crippen molar-refractivity contribution in [2.75, 3.05) is 11.9 Å². The number of carbonyl (C=O) groups is 1. The van der Waals surface area contributed by atoms with E-state index in [2.05, 4.69) is 45.0 Å². The van der Waals surface area contributed by atoms with Gasteiger partial charge in [0.25, 0.3) is 0 Å². The number of hydrogen-bond acceptors (Lipinski definition) is 4. The summed E-state index contributed by atoms with van der Waals surface area (Å²) in [6, 6.07) is 19.6. The van der Waals surface area contributed by atoms with E-state index in [1.54, 1.807) is 12.5 Å². The molecule has 4 heterocycles. The number of aromatic nitrogens is 2. The number of hydrogen-bond donors (Lipinski definition) is 2. The van der Waals surface area contributed by atoms with E-state index >= 15 is 0 Å². The number of nitrogens with one attached hydrogen (secondary N) is 2. The van der Waals surface area contributed by atoms with Crippen molar-refractivity contribution in [3.05, 3.63) is 107 Å². The molecule has 3 aromatic heterocycles. The van der Waals surface area contributed by atoms with Crippen LogP contribution in [0.25, 0.3) is 0 Å². The number of benzene rings is 1. The maximum Gasteiger partial charge on any atom is 0.226 e. The average Bonchev–Trinajstić information content (AvgIpc) is 3.60. The molecular formula is C29H31N5O2S. The van der Waals surface area contributed by atoms with Gasteiger partial charge in [-0.25, -0.2) is 0 Å². The summed E-state index contributed by atoms with van der Waals surface area (Å²) in [5.41, 5.74) is 6.22. The zero-order chi connectivity index (χ0) is 25.9. The molecule has 0 bridgehead atoms. The second-order valence-corrected chi connectivity index (χ2v) is 9.81. The molecule has 1 aromatic carbocycles. The topological polar surface area (TPSA) is 75.3 Å². The van der Waals surface area contributed by atoms with Gasteiger partial charge in [0.15, 0.2) is 5.11 Å². The van der Waals surface area contributed by atoms with Crippen molar-refractivity contribution in [3.8, 4) is 0 Å². The van der Waals surface area contributed by atoms with Gasteiger partial charge < -0.3 is 24.5 Å². The van der Waals surface area contributed by atoms with E-state index < -0.39 is 0 Å². The van der Waals surface area contributed by atoms with Crippen LogP contribution in [0, 0.1) is 20.8 Å². The van der Waals surface area contributed by atoms with Crippen molar-refractivity contribution in [2.45, 2.75) is 45.8 Å². The first kappa shape index (κ1) is 24.8. The summed E-state index contributed by atoms with van der Waals surface area (Å²) >= 11 is 5.81. The van der Waals surface area contributed by atoms with Gasteiger partial charge in [0.05, 0.1) is 30.6 Å². The van der Waals surface area contributed by atoms with Gasteiger partial charge in [0.1, 0.15) is 5.76 Å². The van der Waals surface area contributed by atoms with Gasteiger partial charge >= 0.3 is 0 Å². The molecule has 0 aliphatic carbocycles. The number of para-hydroxylation sites is 1. The van der Waals surface area contributed by atoms with E-state index in [9.17, 15) is 4.79 Å². The number of amides is 1. The summed E-state index contributed by atoms with van der Waals surface area (Å²) in [7, 11) is 0. The molecule has 1 saturated heterocycles. The van der Waals surface area contributed by atoms with Crippen molar-refractivity contribution in [1.82, 2.24) is 19.8 Å². The fourth-order valence-electron chi connectivity index (χ4n) is 5.06. The lowest BCUT2D eigenvalue weighted by molar-refractivity contribution is -0.116. The molecule has 2 atom stereocenters. The fourth-order valence-corrected chi connectivity index (χ4v) is 5.39. The van der Waals surface area contributed by atoms with E-state index in [0.29, 0.717) is 24.6 Å². The largest absolute Gasteiger partial charge is 0.467 e. The van der Waals surface area contributed by atoms with Crippen LogP contribution >= 0.6 is 12.2 Å². The Labute approximate surface area is 222 Å². The molecule has 0 radical (unpaired) electrons. The fraction of sp³-hybridized carbons (Fsp3) is 0.276.